The molecule has 0 spiro atoms. The van der Waals surface area contributed by atoms with E-state index in [0.29, 0.717) is 17.1 Å². The summed E-state index contributed by atoms with van der Waals surface area (Å²) in [6.07, 6.45) is 8.68. The number of carbonyl (C=O) groups is 1. The van der Waals surface area contributed by atoms with Gasteiger partial charge >= 0.3 is 0 Å². The van der Waals surface area contributed by atoms with E-state index in [1.54, 1.807) is 31.4 Å². The summed E-state index contributed by atoms with van der Waals surface area (Å²) >= 11 is 0. The van der Waals surface area contributed by atoms with Gasteiger partial charge in [-0.1, -0.05) is 0 Å². The van der Waals surface area contributed by atoms with Crippen molar-refractivity contribution in [3.8, 4) is 5.88 Å². The van der Waals surface area contributed by atoms with Crippen LogP contribution in [-0.2, 0) is 18.3 Å². The van der Waals surface area contributed by atoms with Crippen molar-refractivity contribution >= 4 is 22.6 Å². The van der Waals surface area contributed by atoms with Gasteiger partial charge in [-0.05, 0) is 50.3 Å². The lowest BCUT2D eigenvalue weighted by Crippen LogP contribution is -2.24. The molecule has 2 fully saturated rings. The summed E-state index contributed by atoms with van der Waals surface area (Å²) in [5.41, 5.74) is 0.784. The fraction of sp³-hybridized carbons (Fsp3) is 0.478. The number of aromatic nitrogens is 4. The first-order valence-electron chi connectivity index (χ1n) is 11.2. The van der Waals surface area contributed by atoms with Crippen LogP contribution in [0.1, 0.15) is 42.5 Å². The summed E-state index contributed by atoms with van der Waals surface area (Å²) in [4.78, 5) is 30.1. The van der Waals surface area contributed by atoms with Crippen LogP contribution >= 0.6 is 0 Å². The van der Waals surface area contributed by atoms with E-state index in [-0.39, 0.29) is 23.2 Å². The Bertz CT molecular complexity index is 1190. The average molecular weight is 438 g/mol. The van der Waals surface area contributed by atoms with Gasteiger partial charge in [-0.25, -0.2) is 0 Å². The molecule has 1 saturated carbocycles. The van der Waals surface area contributed by atoms with E-state index in [4.69, 9.17) is 9.47 Å². The van der Waals surface area contributed by atoms with Gasteiger partial charge < -0.3 is 19.4 Å². The summed E-state index contributed by atoms with van der Waals surface area (Å²) in [6.45, 7) is 2.27. The number of amides is 1. The van der Waals surface area contributed by atoms with Crippen LogP contribution in [-0.4, -0.2) is 44.6 Å². The van der Waals surface area contributed by atoms with Gasteiger partial charge in [0.2, 0.25) is 5.88 Å². The third kappa shape index (κ3) is 4.25. The van der Waals surface area contributed by atoms with E-state index < -0.39 is 5.91 Å². The summed E-state index contributed by atoms with van der Waals surface area (Å²) < 4.78 is 14.9. The zero-order chi connectivity index (χ0) is 22.1. The molecule has 1 atom stereocenters. The van der Waals surface area contributed by atoms with E-state index in [1.165, 1.54) is 4.57 Å². The van der Waals surface area contributed by atoms with Crippen LogP contribution in [0.5, 0.6) is 5.88 Å². The monoisotopic (exact) mass is 437 g/mol. The molecular formula is C23H27N5O4. The highest BCUT2D eigenvalue weighted by molar-refractivity contribution is 6.07. The van der Waals surface area contributed by atoms with Crippen LogP contribution in [0.25, 0.3) is 11.0 Å². The molecule has 9 heteroatoms. The van der Waals surface area contributed by atoms with Gasteiger partial charge in [0.1, 0.15) is 17.4 Å². The van der Waals surface area contributed by atoms with E-state index in [2.05, 4.69) is 15.4 Å². The van der Waals surface area contributed by atoms with Crippen molar-refractivity contribution in [1.82, 2.24) is 19.3 Å². The number of ether oxygens (including phenoxy) is 2. The van der Waals surface area contributed by atoms with Crippen molar-refractivity contribution in [3.63, 3.8) is 0 Å². The Labute approximate surface area is 185 Å². The van der Waals surface area contributed by atoms with E-state index in [9.17, 15) is 9.59 Å². The number of anilines is 1. The molecule has 1 aliphatic carbocycles. The number of nitrogens with zero attached hydrogens (tertiary/aromatic N) is 4. The van der Waals surface area contributed by atoms with Gasteiger partial charge in [0.15, 0.2) is 5.65 Å². The summed E-state index contributed by atoms with van der Waals surface area (Å²) in [6, 6.07) is 5.06. The first kappa shape index (κ1) is 20.7. The largest absolute Gasteiger partial charge is 0.474 e. The number of rotatable bonds is 6. The van der Waals surface area contributed by atoms with Crippen LogP contribution < -0.4 is 15.6 Å². The van der Waals surface area contributed by atoms with Crippen LogP contribution in [0.15, 0.2) is 35.4 Å². The lowest BCUT2D eigenvalue weighted by molar-refractivity contribution is 0.101. The molecule has 168 valence electrons. The Morgan fingerprint density at radius 1 is 1.31 bits per heavy atom. The highest BCUT2D eigenvalue weighted by Crippen LogP contribution is 2.28. The molecule has 32 heavy (non-hydrogen) atoms. The Kier molecular flexibility index (Phi) is 5.65. The molecule has 1 saturated heterocycles. The first-order valence-corrected chi connectivity index (χ1v) is 11.2. The lowest BCUT2D eigenvalue weighted by Gasteiger charge is -2.15. The second-order valence-corrected chi connectivity index (χ2v) is 8.65. The third-order valence-corrected chi connectivity index (χ3v) is 6.17. The molecule has 1 aliphatic heterocycles. The van der Waals surface area contributed by atoms with E-state index in [0.717, 1.165) is 57.2 Å². The van der Waals surface area contributed by atoms with Crippen LogP contribution in [0.4, 0.5) is 5.69 Å². The van der Waals surface area contributed by atoms with Gasteiger partial charge in [-0.2, -0.15) is 10.1 Å². The van der Waals surface area contributed by atoms with Crippen molar-refractivity contribution in [2.75, 3.05) is 18.5 Å². The van der Waals surface area contributed by atoms with Gasteiger partial charge in [0.25, 0.3) is 11.5 Å². The highest BCUT2D eigenvalue weighted by atomic mass is 16.5. The quantitative estimate of drug-likeness (QED) is 0.637. The molecule has 4 heterocycles. The Morgan fingerprint density at radius 2 is 2.16 bits per heavy atom. The van der Waals surface area contributed by atoms with Crippen molar-refractivity contribution in [1.29, 1.82) is 0 Å². The molecule has 1 amide bonds. The SMILES string of the molecule is Cn1cccc(NC(=O)c2cc3cn(C[C@H]4CCOC4)nc3nc2OC2CCCC2)c1=O. The second-order valence-electron chi connectivity index (χ2n) is 8.65. The second kappa shape index (κ2) is 8.74. The zero-order valence-corrected chi connectivity index (χ0v) is 18.1. The molecule has 0 aromatic carbocycles. The Hall–Kier alpha value is -3.20. The standard InChI is InChI=1S/C23H27N5O4/c1-27-9-4-7-19(23(27)30)24-21(29)18-11-16-13-28(12-15-8-10-31-14-15)26-20(16)25-22(18)32-17-5-2-3-6-17/h4,7,9,11,13,15,17H,2-3,5-6,8,10,12,14H2,1H3,(H,24,29)/t15-/m1/s1. The summed E-state index contributed by atoms with van der Waals surface area (Å²) in [5, 5.41) is 8.09. The molecule has 0 unspecified atom stereocenters. The molecule has 1 N–H and O–H groups in total. The molecule has 3 aromatic heterocycles. The van der Waals surface area contributed by atoms with Crippen LogP contribution in [0.2, 0.25) is 0 Å². The number of nitrogens with one attached hydrogen (secondary N) is 1. The van der Waals surface area contributed by atoms with Crippen molar-refractivity contribution in [2.45, 2.75) is 44.8 Å². The van der Waals surface area contributed by atoms with Gasteiger partial charge in [-0.3, -0.25) is 14.3 Å². The minimum Gasteiger partial charge on any atom is -0.474 e. The third-order valence-electron chi connectivity index (χ3n) is 6.17. The maximum Gasteiger partial charge on any atom is 0.274 e. The number of aryl methyl sites for hydroxylation is 1. The van der Waals surface area contributed by atoms with E-state index >= 15 is 0 Å². The fourth-order valence-electron chi connectivity index (χ4n) is 4.37. The van der Waals surface area contributed by atoms with Crippen LogP contribution in [0.3, 0.4) is 0 Å². The molecule has 2 aliphatic rings. The number of fused-ring (bicyclic) bond motifs is 1. The maximum absolute atomic E-state index is 13.2. The minimum atomic E-state index is -0.423. The number of hydrogen-bond acceptors (Lipinski definition) is 6. The lowest BCUT2D eigenvalue weighted by atomic mass is 10.1. The number of carbonyl (C=O) groups excluding carboxylic acids is 1. The average Bonchev–Trinajstić information content (AvgIpc) is 3.53. The topological polar surface area (TPSA) is 100 Å². The summed E-state index contributed by atoms with van der Waals surface area (Å²) in [7, 11) is 1.64. The zero-order valence-electron chi connectivity index (χ0n) is 18.1. The van der Waals surface area contributed by atoms with Gasteiger partial charge in [0, 0.05) is 43.9 Å². The van der Waals surface area contributed by atoms with Crippen molar-refractivity contribution < 1.29 is 14.3 Å². The van der Waals surface area contributed by atoms with Crippen molar-refractivity contribution in [3.05, 3.63) is 46.5 Å². The Morgan fingerprint density at radius 3 is 2.94 bits per heavy atom. The number of hydrogen-bond donors (Lipinski definition) is 1. The molecule has 0 bridgehead atoms. The van der Waals surface area contributed by atoms with Gasteiger partial charge in [0.05, 0.1) is 6.61 Å². The maximum atomic E-state index is 13.2. The molecule has 9 nitrogen and oxygen atoms in total. The predicted octanol–water partition coefficient (Wildman–Crippen LogP) is 2.74. The highest BCUT2D eigenvalue weighted by Gasteiger charge is 2.24. The van der Waals surface area contributed by atoms with Gasteiger partial charge in [-0.15, -0.1) is 0 Å². The first-order chi connectivity index (χ1) is 15.6. The van der Waals surface area contributed by atoms with E-state index in [1.807, 2.05) is 10.9 Å². The molecule has 5 rings (SSSR count). The summed E-state index contributed by atoms with van der Waals surface area (Å²) in [5.74, 6) is 0.271. The molecular weight excluding hydrogens is 410 g/mol. The number of pyridine rings is 2. The van der Waals surface area contributed by atoms with Crippen molar-refractivity contribution in [2.24, 2.45) is 13.0 Å². The van der Waals surface area contributed by atoms with Crippen LogP contribution in [0, 0.1) is 5.92 Å². The molecule has 0 radical (unpaired) electrons. The molecule has 3 aromatic rings. The predicted molar refractivity (Wildman–Crippen MR) is 119 cm³/mol. The Balaban J connectivity index is 1.48. The minimum absolute atomic E-state index is 0.0359. The smallest absolute Gasteiger partial charge is 0.274 e. The normalized spacial score (nSPS) is 19.0. The fourth-order valence-corrected chi connectivity index (χ4v) is 4.37.